The van der Waals surface area contributed by atoms with Gasteiger partial charge in [-0.1, -0.05) is 25.5 Å². The molecule has 3 rings (SSSR count). The topological polar surface area (TPSA) is 59.1 Å². The molecular formula is C23H38N4O2. The van der Waals surface area contributed by atoms with Crippen LogP contribution >= 0.6 is 0 Å². The second-order valence-electron chi connectivity index (χ2n) is 8.91. The van der Waals surface area contributed by atoms with Gasteiger partial charge in [0.2, 0.25) is 5.91 Å². The summed E-state index contributed by atoms with van der Waals surface area (Å²) in [4.78, 5) is 20.2. The first-order chi connectivity index (χ1) is 14.0. The van der Waals surface area contributed by atoms with Crippen molar-refractivity contribution >= 4 is 5.91 Å². The van der Waals surface area contributed by atoms with E-state index in [1.807, 2.05) is 12.1 Å². The normalized spacial score (nSPS) is 24.5. The molecule has 6 nitrogen and oxygen atoms in total. The Kier molecular flexibility index (Phi) is 8.33. The third-order valence-electron chi connectivity index (χ3n) is 6.27. The number of rotatable bonds is 8. The molecule has 2 heterocycles. The molecule has 6 heteroatoms. The van der Waals surface area contributed by atoms with Crippen LogP contribution in [0, 0.1) is 11.8 Å². The van der Waals surface area contributed by atoms with Gasteiger partial charge in [0, 0.05) is 58.9 Å². The standard InChI is InChI=1S/C23H38N4O2/c1-3-4-9-24-23(29)21-14-20(16-26-12-10-25(2)11-13-26)17-27(18-21)15-19-5-7-22(28)8-6-19/h5-8,20-21,28H,3-4,9-18H2,1-2H3,(H,24,29)/t20-,21-/m1/s1. The molecule has 2 fully saturated rings. The summed E-state index contributed by atoms with van der Waals surface area (Å²) in [7, 11) is 2.19. The van der Waals surface area contributed by atoms with E-state index in [2.05, 4.69) is 34.0 Å². The highest BCUT2D eigenvalue weighted by atomic mass is 16.3. The molecule has 1 amide bonds. The number of aromatic hydroxyl groups is 1. The Morgan fingerprint density at radius 1 is 1.10 bits per heavy atom. The molecule has 0 aromatic heterocycles. The van der Waals surface area contributed by atoms with Gasteiger partial charge in [-0.25, -0.2) is 0 Å². The van der Waals surface area contributed by atoms with Gasteiger partial charge in [0.25, 0.3) is 0 Å². The smallest absolute Gasteiger partial charge is 0.224 e. The van der Waals surface area contributed by atoms with Crippen molar-refractivity contribution in [2.45, 2.75) is 32.7 Å². The second kappa shape index (κ2) is 11.0. The first-order valence-corrected chi connectivity index (χ1v) is 11.2. The summed E-state index contributed by atoms with van der Waals surface area (Å²) in [6.07, 6.45) is 3.13. The van der Waals surface area contributed by atoms with Crippen LogP contribution in [0.1, 0.15) is 31.7 Å². The largest absolute Gasteiger partial charge is 0.508 e. The quantitative estimate of drug-likeness (QED) is 0.652. The summed E-state index contributed by atoms with van der Waals surface area (Å²) in [5, 5.41) is 12.7. The SMILES string of the molecule is CCCCNC(=O)[C@@H]1C[C@H](CN2CCN(C)CC2)CN(Cc2ccc(O)cc2)C1. The number of piperidine rings is 1. The molecule has 0 bridgehead atoms. The van der Waals surface area contributed by atoms with E-state index in [1.54, 1.807) is 12.1 Å². The average molecular weight is 403 g/mol. The van der Waals surface area contributed by atoms with Gasteiger partial charge in [0.05, 0.1) is 5.92 Å². The number of hydrogen-bond donors (Lipinski definition) is 2. The van der Waals surface area contributed by atoms with Crippen molar-refractivity contribution in [3.63, 3.8) is 0 Å². The number of carbonyl (C=O) groups excluding carboxylic acids is 1. The molecule has 29 heavy (non-hydrogen) atoms. The Balaban J connectivity index is 1.61. The highest BCUT2D eigenvalue weighted by molar-refractivity contribution is 5.79. The lowest BCUT2D eigenvalue weighted by Crippen LogP contribution is -2.51. The molecule has 2 N–H and O–H groups in total. The number of nitrogens with one attached hydrogen (secondary N) is 1. The number of unbranched alkanes of at least 4 members (excludes halogenated alkanes) is 1. The molecule has 2 aliphatic rings. The summed E-state index contributed by atoms with van der Waals surface area (Å²) < 4.78 is 0. The highest BCUT2D eigenvalue weighted by Gasteiger charge is 2.32. The van der Waals surface area contributed by atoms with Crippen LogP contribution in [0.3, 0.4) is 0 Å². The lowest BCUT2D eigenvalue weighted by Gasteiger charge is -2.41. The van der Waals surface area contributed by atoms with Gasteiger partial charge in [-0.05, 0) is 43.5 Å². The number of phenols is 1. The van der Waals surface area contributed by atoms with Gasteiger partial charge in [-0.2, -0.15) is 0 Å². The lowest BCUT2D eigenvalue weighted by molar-refractivity contribution is -0.127. The number of hydrogen-bond acceptors (Lipinski definition) is 5. The van der Waals surface area contributed by atoms with Crippen LogP contribution in [0.4, 0.5) is 0 Å². The number of nitrogens with zero attached hydrogens (tertiary/aromatic N) is 3. The molecule has 2 atom stereocenters. The van der Waals surface area contributed by atoms with E-state index in [-0.39, 0.29) is 11.8 Å². The fraction of sp³-hybridized carbons (Fsp3) is 0.696. The van der Waals surface area contributed by atoms with Crippen LogP contribution in [0.25, 0.3) is 0 Å². The third kappa shape index (κ3) is 6.98. The number of phenolic OH excluding ortho intramolecular Hbond substituents is 1. The first-order valence-electron chi connectivity index (χ1n) is 11.2. The number of piperazine rings is 1. The van der Waals surface area contributed by atoms with Crippen molar-refractivity contribution in [2.24, 2.45) is 11.8 Å². The van der Waals surface area contributed by atoms with Gasteiger partial charge < -0.3 is 20.2 Å². The number of likely N-dealkylation sites (tertiary alicyclic amines) is 1. The summed E-state index contributed by atoms with van der Waals surface area (Å²) in [5.74, 6) is 1.10. The molecule has 0 unspecified atom stereocenters. The van der Waals surface area contributed by atoms with E-state index in [4.69, 9.17) is 0 Å². The molecule has 2 aliphatic heterocycles. The van der Waals surface area contributed by atoms with Gasteiger partial charge in [-0.3, -0.25) is 9.69 Å². The molecule has 0 saturated carbocycles. The molecule has 0 radical (unpaired) electrons. The summed E-state index contributed by atoms with van der Waals surface area (Å²) >= 11 is 0. The monoisotopic (exact) mass is 402 g/mol. The first kappa shape index (κ1) is 22.1. The van der Waals surface area contributed by atoms with E-state index < -0.39 is 0 Å². The zero-order chi connectivity index (χ0) is 20.6. The van der Waals surface area contributed by atoms with Gasteiger partial charge in [0.1, 0.15) is 5.75 Å². The van der Waals surface area contributed by atoms with Crippen LogP contribution in [0.2, 0.25) is 0 Å². The molecular weight excluding hydrogens is 364 g/mol. The van der Waals surface area contributed by atoms with E-state index >= 15 is 0 Å². The Labute approximate surface area is 175 Å². The molecule has 1 aromatic carbocycles. The Bertz CT molecular complexity index is 628. The minimum Gasteiger partial charge on any atom is -0.508 e. The zero-order valence-corrected chi connectivity index (χ0v) is 18.1. The number of benzene rings is 1. The van der Waals surface area contributed by atoms with Gasteiger partial charge >= 0.3 is 0 Å². The molecule has 1 aromatic rings. The van der Waals surface area contributed by atoms with Crippen molar-refractivity contribution in [1.82, 2.24) is 20.0 Å². The van der Waals surface area contributed by atoms with Crippen LogP contribution in [0.15, 0.2) is 24.3 Å². The molecule has 2 saturated heterocycles. The zero-order valence-electron chi connectivity index (χ0n) is 18.1. The van der Waals surface area contributed by atoms with E-state index in [9.17, 15) is 9.90 Å². The van der Waals surface area contributed by atoms with E-state index in [0.717, 1.165) is 78.2 Å². The van der Waals surface area contributed by atoms with Gasteiger partial charge in [0.15, 0.2) is 0 Å². The van der Waals surface area contributed by atoms with E-state index in [1.165, 1.54) is 5.56 Å². The Morgan fingerprint density at radius 2 is 1.83 bits per heavy atom. The fourth-order valence-electron chi connectivity index (χ4n) is 4.54. The van der Waals surface area contributed by atoms with Crippen LogP contribution in [-0.2, 0) is 11.3 Å². The number of carbonyl (C=O) groups is 1. The van der Waals surface area contributed by atoms with E-state index in [0.29, 0.717) is 11.7 Å². The van der Waals surface area contributed by atoms with Crippen molar-refractivity contribution in [1.29, 1.82) is 0 Å². The summed E-state index contributed by atoms with van der Waals surface area (Å²) in [5.41, 5.74) is 1.19. The minimum atomic E-state index is 0.0650. The number of amides is 1. The van der Waals surface area contributed by atoms with Crippen molar-refractivity contribution < 1.29 is 9.90 Å². The maximum Gasteiger partial charge on any atom is 0.224 e. The maximum absolute atomic E-state index is 12.8. The summed E-state index contributed by atoms with van der Waals surface area (Å²) in [6, 6.07) is 7.46. The fourth-order valence-corrected chi connectivity index (χ4v) is 4.54. The molecule has 0 aliphatic carbocycles. The van der Waals surface area contributed by atoms with Crippen LogP contribution in [0.5, 0.6) is 5.75 Å². The van der Waals surface area contributed by atoms with Crippen LogP contribution in [-0.4, -0.2) is 85.1 Å². The summed E-state index contributed by atoms with van der Waals surface area (Å²) in [6.45, 7) is 11.2. The predicted molar refractivity (Wildman–Crippen MR) is 117 cm³/mol. The Hall–Kier alpha value is -1.63. The molecule has 0 spiro atoms. The van der Waals surface area contributed by atoms with Crippen LogP contribution < -0.4 is 5.32 Å². The molecule has 162 valence electrons. The number of likely N-dealkylation sites (N-methyl/N-ethyl adjacent to an activating group) is 1. The third-order valence-corrected chi connectivity index (χ3v) is 6.27. The second-order valence-corrected chi connectivity index (χ2v) is 8.91. The maximum atomic E-state index is 12.8. The Morgan fingerprint density at radius 3 is 2.52 bits per heavy atom. The highest BCUT2D eigenvalue weighted by Crippen LogP contribution is 2.25. The lowest BCUT2D eigenvalue weighted by atomic mass is 9.87. The average Bonchev–Trinajstić information content (AvgIpc) is 2.71. The van der Waals surface area contributed by atoms with Crippen molar-refractivity contribution in [2.75, 3.05) is 59.4 Å². The minimum absolute atomic E-state index is 0.0650. The predicted octanol–water partition coefficient (Wildman–Crippen LogP) is 1.99. The van der Waals surface area contributed by atoms with Crippen molar-refractivity contribution in [3.8, 4) is 5.75 Å². The van der Waals surface area contributed by atoms with Gasteiger partial charge in [-0.15, -0.1) is 0 Å². The van der Waals surface area contributed by atoms with Crippen molar-refractivity contribution in [3.05, 3.63) is 29.8 Å².